The van der Waals surface area contributed by atoms with Crippen molar-refractivity contribution in [3.8, 4) is 5.75 Å². The molecule has 16 heavy (non-hydrogen) atoms. The number of ether oxygens (including phenoxy) is 1. The van der Waals surface area contributed by atoms with Gasteiger partial charge in [0.05, 0.1) is 0 Å². The summed E-state index contributed by atoms with van der Waals surface area (Å²) in [5.41, 5.74) is 1.12. The lowest BCUT2D eigenvalue weighted by Crippen LogP contribution is -1.97. The molecule has 0 fully saturated rings. The van der Waals surface area contributed by atoms with Gasteiger partial charge >= 0.3 is 8.46 Å². The Bertz CT molecular complexity index is 468. The van der Waals surface area contributed by atoms with Crippen LogP contribution in [-0.2, 0) is 11.2 Å². The van der Waals surface area contributed by atoms with Crippen LogP contribution in [0.4, 0.5) is 0 Å². The molecule has 0 amide bonds. The van der Waals surface area contributed by atoms with Crippen LogP contribution in [0.15, 0.2) is 54.6 Å². The van der Waals surface area contributed by atoms with Crippen molar-refractivity contribution in [3.63, 3.8) is 0 Å². The summed E-state index contributed by atoms with van der Waals surface area (Å²) >= 11 is 0. The van der Waals surface area contributed by atoms with Gasteiger partial charge < -0.3 is 4.74 Å². The van der Waals surface area contributed by atoms with Crippen LogP contribution in [0.25, 0.3) is 0 Å². The topological polar surface area (TPSA) is 26.3 Å². The van der Waals surface area contributed by atoms with Crippen LogP contribution in [0.5, 0.6) is 5.75 Å². The maximum absolute atomic E-state index is 10.7. The molecule has 1 atom stereocenters. The minimum atomic E-state index is -0.433. The summed E-state index contributed by atoms with van der Waals surface area (Å²) < 4.78 is 16.3. The highest BCUT2D eigenvalue weighted by molar-refractivity contribution is 7.34. The highest BCUT2D eigenvalue weighted by Crippen LogP contribution is 2.12. The van der Waals surface area contributed by atoms with Crippen LogP contribution in [0.3, 0.4) is 0 Å². The van der Waals surface area contributed by atoms with Crippen LogP contribution >= 0.6 is 8.46 Å². The normalized spacial score (nSPS) is 10.2. The highest BCUT2D eigenvalue weighted by Gasteiger charge is 2.01. The minimum Gasteiger partial charge on any atom is -0.489 e. The predicted octanol–water partition coefficient (Wildman–Crippen LogP) is 2.91. The van der Waals surface area contributed by atoms with Gasteiger partial charge in [0.15, 0.2) is 5.30 Å². The number of benzene rings is 2. The van der Waals surface area contributed by atoms with Gasteiger partial charge in [-0.3, -0.25) is 0 Å². The molecule has 2 rings (SSSR count). The van der Waals surface area contributed by atoms with Crippen molar-refractivity contribution < 1.29 is 9.30 Å². The van der Waals surface area contributed by atoms with Crippen molar-refractivity contribution in [3.05, 3.63) is 60.2 Å². The fourth-order valence-corrected chi connectivity index (χ4v) is 1.76. The minimum absolute atomic E-state index is 0.433. The van der Waals surface area contributed by atoms with Crippen molar-refractivity contribution in [2.24, 2.45) is 0 Å². The zero-order chi connectivity index (χ0) is 11.2. The molecule has 0 N–H and O–H groups in total. The Kier molecular flexibility index (Phi) is 3.68. The van der Waals surface area contributed by atoms with Crippen LogP contribution in [0, 0.1) is 0 Å². The smallest absolute Gasteiger partial charge is 0.363 e. The van der Waals surface area contributed by atoms with E-state index in [0.29, 0.717) is 6.61 Å². The molecule has 1 unspecified atom stereocenters. The van der Waals surface area contributed by atoms with Crippen molar-refractivity contribution in [2.45, 2.75) is 6.61 Å². The molecule has 2 aromatic carbocycles. The van der Waals surface area contributed by atoms with Crippen molar-refractivity contribution >= 4 is 13.8 Å². The second kappa shape index (κ2) is 5.43. The Morgan fingerprint density at radius 1 is 1.00 bits per heavy atom. The molecule has 0 aliphatic heterocycles. The van der Waals surface area contributed by atoms with E-state index >= 15 is 0 Å². The molecule has 0 spiro atoms. The van der Waals surface area contributed by atoms with Gasteiger partial charge in [-0.1, -0.05) is 41.0 Å². The molecule has 0 aliphatic carbocycles. The lowest BCUT2D eigenvalue weighted by Gasteiger charge is -2.05. The molecular formula is C13H12O2P+. The zero-order valence-electron chi connectivity index (χ0n) is 8.72. The zero-order valence-corrected chi connectivity index (χ0v) is 9.72. The second-order valence-corrected chi connectivity index (χ2v) is 4.19. The Hall–Kier alpha value is -1.66. The maximum Gasteiger partial charge on any atom is 0.363 e. The predicted molar refractivity (Wildman–Crippen MR) is 65.9 cm³/mol. The first-order valence-electron chi connectivity index (χ1n) is 5.03. The molecule has 0 aliphatic rings. The van der Waals surface area contributed by atoms with Crippen LogP contribution in [0.2, 0.25) is 0 Å². The molecule has 80 valence electrons. The largest absolute Gasteiger partial charge is 0.489 e. The standard InChI is InChI=1S/C13H11O2P/c14-16-13-8-4-7-12(9-13)15-10-11-5-2-1-3-6-11/h1-9H,10H2/p+1. The van der Waals surface area contributed by atoms with Crippen molar-refractivity contribution in [1.29, 1.82) is 0 Å². The molecule has 0 saturated heterocycles. The van der Waals surface area contributed by atoms with E-state index in [2.05, 4.69) is 0 Å². The van der Waals surface area contributed by atoms with Gasteiger partial charge in [-0.25, -0.2) is 0 Å². The molecule has 0 aromatic heterocycles. The van der Waals surface area contributed by atoms with E-state index in [-0.39, 0.29) is 0 Å². The van der Waals surface area contributed by atoms with Crippen LogP contribution in [-0.4, -0.2) is 0 Å². The summed E-state index contributed by atoms with van der Waals surface area (Å²) in [5.74, 6) is 0.754. The van der Waals surface area contributed by atoms with Crippen molar-refractivity contribution in [1.82, 2.24) is 0 Å². The number of hydrogen-bond acceptors (Lipinski definition) is 2. The van der Waals surface area contributed by atoms with E-state index in [4.69, 9.17) is 4.74 Å². The molecule has 2 aromatic rings. The maximum atomic E-state index is 10.7. The average Bonchev–Trinajstić information content (AvgIpc) is 2.38. The third-order valence-electron chi connectivity index (χ3n) is 2.20. The van der Waals surface area contributed by atoms with Gasteiger partial charge in [-0.2, -0.15) is 0 Å². The third kappa shape index (κ3) is 2.91. The Morgan fingerprint density at radius 2 is 1.81 bits per heavy atom. The molecule has 0 radical (unpaired) electrons. The highest BCUT2D eigenvalue weighted by atomic mass is 31.1. The fraction of sp³-hybridized carbons (Fsp3) is 0.0769. The van der Waals surface area contributed by atoms with Gasteiger partial charge in [0.1, 0.15) is 12.4 Å². The van der Waals surface area contributed by atoms with Gasteiger partial charge in [0.2, 0.25) is 0 Å². The van der Waals surface area contributed by atoms with Gasteiger partial charge in [0.25, 0.3) is 0 Å². The molecule has 0 saturated carbocycles. The quantitative estimate of drug-likeness (QED) is 0.756. The number of rotatable bonds is 4. The fourth-order valence-electron chi connectivity index (χ4n) is 1.39. The number of hydrogen-bond donors (Lipinski definition) is 0. The van der Waals surface area contributed by atoms with Crippen LogP contribution in [0.1, 0.15) is 5.56 Å². The summed E-state index contributed by atoms with van der Waals surface area (Å²) in [6.45, 7) is 0.534. The third-order valence-corrected chi connectivity index (χ3v) is 2.75. The van der Waals surface area contributed by atoms with E-state index in [9.17, 15) is 4.57 Å². The van der Waals surface area contributed by atoms with Gasteiger partial charge in [-0.15, -0.1) is 0 Å². The summed E-state index contributed by atoms with van der Waals surface area (Å²) in [6.07, 6.45) is 0. The Balaban J connectivity index is 2.02. The first-order valence-corrected chi connectivity index (χ1v) is 5.94. The van der Waals surface area contributed by atoms with E-state index in [1.807, 2.05) is 48.5 Å². The summed E-state index contributed by atoms with van der Waals surface area (Å²) in [6, 6.07) is 17.3. The Labute approximate surface area is 96.1 Å². The first kappa shape index (κ1) is 10.8. The lowest BCUT2D eigenvalue weighted by atomic mass is 10.2. The summed E-state index contributed by atoms with van der Waals surface area (Å²) in [4.78, 5) is 0. The lowest BCUT2D eigenvalue weighted by molar-refractivity contribution is 0.306. The summed E-state index contributed by atoms with van der Waals surface area (Å²) in [5, 5.41) is 0.783. The molecule has 0 bridgehead atoms. The SMILES string of the molecule is O=[PH+]c1cccc(OCc2ccccc2)c1. The molecule has 2 nitrogen and oxygen atoms in total. The Morgan fingerprint density at radius 3 is 2.56 bits per heavy atom. The van der Waals surface area contributed by atoms with Gasteiger partial charge in [0, 0.05) is 6.07 Å². The van der Waals surface area contributed by atoms with E-state index in [1.165, 1.54) is 0 Å². The molecule has 3 heteroatoms. The second-order valence-electron chi connectivity index (χ2n) is 3.40. The van der Waals surface area contributed by atoms with E-state index in [1.54, 1.807) is 6.07 Å². The summed E-state index contributed by atoms with van der Waals surface area (Å²) in [7, 11) is -0.433. The van der Waals surface area contributed by atoms with Crippen LogP contribution < -0.4 is 10.0 Å². The monoisotopic (exact) mass is 231 g/mol. The van der Waals surface area contributed by atoms with E-state index in [0.717, 1.165) is 16.6 Å². The molecular weight excluding hydrogens is 219 g/mol. The van der Waals surface area contributed by atoms with Gasteiger partial charge in [-0.05, 0) is 17.7 Å². The van der Waals surface area contributed by atoms with Crippen molar-refractivity contribution in [2.75, 3.05) is 0 Å². The first-order chi connectivity index (χ1) is 7.88. The molecule has 0 heterocycles. The average molecular weight is 231 g/mol. The van der Waals surface area contributed by atoms with E-state index < -0.39 is 8.46 Å².